The van der Waals surface area contributed by atoms with Crippen LogP contribution in [-0.4, -0.2) is 36.6 Å². The van der Waals surface area contributed by atoms with Gasteiger partial charge in [-0.2, -0.15) is 0 Å². The van der Waals surface area contributed by atoms with Crippen LogP contribution in [0.5, 0.6) is 0 Å². The molecule has 0 saturated heterocycles. The Hall–Kier alpha value is -0.830. The van der Waals surface area contributed by atoms with Crippen molar-refractivity contribution in [1.82, 2.24) is 4.90 Å². The maximum atomic E-state index is 10.5. The van der Waals surface area contributed by atoms with Gasteiger partial charge in [0.25, 0.3) is 0 Å². The summed E-state index contributed by atoms with van der Waals surface area (Å²) in [5, 5.41) is 8.62. The lowest BCUT2D eigenvalue weighted by Gasteiger charge is -2.21. The molecule has 0 aromatic rings. The van der Waals surface area contributed by atoms with Crippen LogP contribution >= 0.6 is 0 Å². The summed E-state index contributed by atoms with van der Waals surface area (Å²) in [6, 6.07) is 0. The molecule has 32 heavy (non-hydrogen) atoms. The average molecular weight is 452 g/mol. The molecule has 1 N–H and O–H groups in total. The van der Waals surface area contributed by atoms with Crippen LogP contribution < -0.4 is 0 Å². The Kier molecular flexibility index (Phi) is 24.2. The molecule has 0 spiro atoms. The first-order valence-corrected chi connectivity index (χ1v) is 14.1. The van der Waals surface area contributed by atoms with Crippen LogP contribution in [0, 0.1) is 5.92 Å². The summed E-state index contributed by atoms with van der Waals surface area (Å²) >= 11 is 0. The molecular weight excluding hydrogens is 394 g/mol. The van der Waals surface area contributed by atoms with Crippen molar-refractivity contribution in [2.45, 2.75) is 142 Å². The molecule has 0 amide bonds. The summed E-state index contributed by atoms with van der Waals surface area (Å²) in [6.45, 7) is 3.56. The second kappa shape index (κ2) is 24.8. The van der Waals surface area contributed by atoms with Gasteiger partial charge in [-0.15, -0.1) is 0 Å². The molecule has 1 atom stereocenters. The molecule has 0 aliphatic rings. The largest absolute Gasteiger partial charge is 0.481 e. The third-order valence-electron chi connectivity index (χ3n) is 6.50. The van der Waals surface area contributed by atoms with Crippen LogP contribution in [0.4, 0.5) is 0 Å². The molecule has 0 rings (SSSR count). The molecule has 1 unspecified atom stereocenters. The van der Waals surface area contributed by atoms with E-state index in [1.807, 2.05) is 0 Å². The number of nitrogens with zero attached hydrogens (tertiary/aromatic N) is 1. The van der Waals surface area contributed by atoms with Gasteiger partial charge in [-0.3, -0.25) is 4.79 Å². The monoisotopic (exact) mass is 451 g/mol. The van der Waals surface area contributed by atoms with Gasteiger partial charge in [-0.25, -0.2) is 0 Å². The highest BCUT2D eigenvalue weighted by molar-refractivity contribution is 5.66. The minimum atomic E-state index is -0.662. The number of hydrogen-bond acceptors (Lipinski definition) is 2. The van der Waals surface area contributed by atoms with E-state index in [2.05, 4.69) is 38.1 Å². The summed E-state index contributed by atoms with van der Waals surface area (Å²) in [6.07, 6.45) is 31.3. The first kappa shape index (κ1) is 31.2. The van der Waals surface area contributed by atoms with E-state index in [4.69, 9.17) is 5.11 Å². The molecule has 3 nitrogen and oxygen atoms in total. The minimum absolute atomic E-state index is 0.329. The number of carboxylic acid groups (broad SMARTS) is 1. The highest BCUT2D eigenvalue weighted by atomic mass is 16.4. The zero-order valence-electron chi connectivity index (χ0n) is 22.1. The second-order valence-corrected chi connectivity index (χ2v) is 10.2. The molecule has 0 saturated carbocycles. The van der Waals surface area contributed by atoms with E-state index in [9.17, 15) is 4.79 Å². The Balaban J connectivity index is 3.55. The molecule has 0 aliphatic heterocycles. The summed E-state index contributed by atoms with van der Waals surface area (Å²) in [5.41, 5.74) is 0. The number of allylic oxidation sites excluding steroid dienone is 2. The van der Waals surface area contributed by atoms with Gasteiger partial charge in [-0.1, -0.05) is 103 Å². The van der Waals surface area contributed by atoms with Crippen LogP contribution in [-0.2, 0) is 4.79 Å². The summed E-state index contributed by atoms with van der Waals surface area (Å²) < 4.78 is 0. The zero-order valence-corrected chi connectivity index (χ0v) is 22.1. The van der Waals surface area contributed by atoms with Crippen LogP contribution in [0.3, 0.4) is 0 Å². The third kappa shape index (κ3) is 25.4. The maximum Gasteiger partial charge on any atom is 0.303 e. The fourth-order valence-electron chi connectivity index (χ4n) is 4.59. The van der Waals surface area contributed by atoms with E-state index in [1.165, 1.54) is 122 Å². The number of rotatable bonds is 25. The van der Waals surface area contributed by atoms with Crippen molar-refractivity contribution in [2.24, 2.45) is 5.92 Å². The van der Waals surface area contributed by atoms with Crippen LogP contribution in [0.25, 0.3) is 0 Å². The zero-order chi connectivity index (χ0) is 23.7. The third-order valence-corrected chi connectivity index (χ3v) is 6.50. The topological polar surface area (TPSA) is 40.5 Å². The van der Waals surface area contributed by atoms with E-state index in [1.54, 1.807) is 0 Å². The van der Waals surface area contributed by atoms with Gasteiger partial charge < -0.3 is 10.0 Å². The maximum absolute atomic E-state index is 10.5. The van der Waals surface area contributed by atoms with Crippen molar-refractivity contribution in [3.8, 4) is 0 Å². The van der Waals surface area contributed by atoms with Crippen molar-refractivity contribution >= 4 is 5.97 Å². The molecular formula is C29H57NO2. The summed E-state index contributed by atoms with van der Waals surface area (Å²) in [7, 11) is 4.45. The van der Waals surface area contributed by atoms with Crippen molar-refractivity contribution in [1.29, 1.82) is 0 Å². The lowest BCUT2D eigenvalue weighted by Crippen LogP contribution is -2.21. The SMILES string of the molecule is CCCCCCCCCC(CCCCCCC=CCCCCCCCC(=O)O)CN(C)C. The predicted octanol–water partition coefficient (Wildman–Crippen LogP) is 9.02. The fourth-order valence-corrected chi connectivity index (χ4v) is 4.59. The van der Waals surface area contributed by atoms with Crippen molar-refractivity contribution in [3.05, 3.63) is 12.2 Å². The van der Waals surface area contributed by atoms with Gasteiger partial charge >= 0.3 is 5.97 Å². The molecule has 0 radical (unpaired) electrons. The molecule has 3 heteroatoms. The molecule has 0 aliphatic carbocycles. The number of unbranched alkanes of at least 4 members (excludes halogenated alkanes) is 15. The lowest BCUT2D eigenvalue weighted by molar-refractivity contribution is -0.137. The van der Waals surface area contributed by atoms with Gasteiger partial charge in [0.2, 0.25) is 0 Å². The average Bonchev–Trinajstić information content (AvgIpc) is 2.75. The highest BCUT2D eigenvalue weighted by Gasteiger charge is 2.09. The van der Waals surface area contributed by atoms with E-state index < -0.39 is 5.97 Å². The molecule has 0 fully saturated rings. The van der Waals surface area contributed by atoms with Crippen molar-refractivity contribution in [3.63, 3.8) is 0 Å². The lowest BCUT2D eigenvalue weighted by atomic mass is 9.93. The van der Waals surface area contributed by atoms with Crippen molar-refractivity contribution in [2.75, 3.05) is 20.6 Å². The Morgan fingerprint density at radius 1 is 0.688 bits per heavy atom. The van der Waals surface area contributed by atoms with E-state index in [0.717, 1.165) is 18.8 Å². The predicted molar refractivity (Wildman–Crippen MR) is 141 cm³/mol. The highest BCUT2D eigenvalue weighted by Crippen LogP contribution is 2.20. The summed E-state index contributed by atoms with van der Waals surface area (Å²) in [5.74, 6) is 0.231. The Morgan fingerprint density at radius 2 is 1.12 bits per heavy atom. The molecule has 0 bridgehead atoms. The first-order valence-electron chi connectivity index (χ1n) is 14.1. The number of hydrogen-bond donors (Lipinski definition) is 1. The van der Waals surface area contributed by atoms with Gasteiger partial charge in [0, 0.05) is 13.0 Å². The molecule has 0 heterocycles. The molecule has 190 valence electrons. The normalized spacial score (nSPS) is 12.8. The van der Waals surface area contributed by atoms with Gasteiger partial charge in [0.15, 0.2) is 0 Å². The van der Waals surface area contributed by atoms with Crippen LogP contribution in [0.15, 0.2) is 12.2 Å². The smallest absolute Gasteiger partial charge is 0.303 e. The Morgan fingerprint density at radius 3 is 1.59 bits per heavy atom. The standard InChI is InChI=1S/C29H57NO2/c1-4-5-6-7-15-18-21-24-28(27-30(2)3)25-22-19-16-13-11-9-8-10-12-14-17-20-23-26-29(31)32/h8-9,28H,4-7,10-27H2,1-3H3,(H,31,32). The quantitative estimate of drug-likeness (QED) is 0.111. The molecule has 0 aromatic carbocycles. The van der Waals surface area contributed by atoms with Crippen LogP contribution in [0.2, 0.25) is 0 Å². The van der Waals surface area contributed by atoms with Crippen LogP contribution in [0.1, 0.15) is 142 Å². The van der Waals surface area contributed by atoms with Gasteiger partial charge in [0.1, 0.15) is 0 Å². The Bertz CT molecular complexity index is 419. The first-order chi connectivity index (χ1) is 15.6. The van der Waals surface area contributed by atoms with Crippen molar-refractivity contribution < 1.29 is 9.90 Å². The van der Waals surface area contributed by atoms with E-state index >= 15 is 0 Å². The van der Waals surface area contributed by atoms with Gasteiger partial charge in [0.05, 0.1) is 0 Å². The number of aliphatic carboxylic acids is 1. The second-order valence-electron chi connectivity index (χ2n) is 10.2. The number of carbonyl (C=O) groups is 1. The molecule has 0 aromatic heterocycles. The van der Waals surface area contributed by atoms with E-state index in [0.29, 0.717) is 6.42 Å². The summed E-state index contributed by atoms with van der Waals surface area (Å²) in [4.78, 5) is 12.8. The van der Waals surface area contributed by atoms with Gasteiger partial charge in [-0.05, 0) is 65.0 Å². The number of carboxylic acids is 1. The van der Waals surface area contributed by atoms with E-state index in [-0.39, 0.29) is 0 Å². The fraction of sp³-hybridized carbons (Fsp3) is 0.897. The minimum Gasteiger partial charge on any atom is -0.481 e. The Labute approximate surface area is 201 Å².